The fraction of sp³-hybridized carbons (Fsp3) is 0.545. The first kappa shape index (κ1) is 11.0. The standard InChI is InChI=1S/C11H16IN/c1-8-5-9(11(2,3)4)7-13-10(8)6-12/h5,7H,6H2,1-4H3. The number of alkyl halides is 1. The zero-order chi connectivity index (χ0) is 10.1. The smallest absolute Gasteiger partial charge is 0.0530 e. The van der Waals surface area contributed by atoms with Crippen molar-refractivity contribution in [3.63, 3.8) is 0 Å². The quantitative estimate of drug-likeness (QED) is 0.568. The summed E-state index contributed by atoms with van der Waals surface area (Å²) in [7, 11) is 0. The van der Waals surface area contributed by atoms with E-state index in [1.807, 2.05) is 6.20 Å². The SMILES string of the molecule is Cc1cc(C(C)(C)C)cnc1CI. The highest BCUT2D eigenvalue weighted by atomic mass is 127. The molecule has 2 heteroatoms. The van der Waals surface area contributed by atoms with Crippen LogP contribution in [0.4, 0.5) is 0 Å². The van der Waals surface area contributed by atoms with E-state index in [9.17, 15) is 0 Å². The summed E-state index contributed by atoms with van der Waals surface area (Å²) in [5.41, 5.74) is 4.04. The third-order valence-corrected chi connectivity index (χ3v) is 2.90. The second-order valence-corrected chi connectivity index (χ2v) is 5.13. The van der Waals surface area contributed by atoms with Crippen molar-refractivity contribution in [2.24, 2.45) is 0 Å². The minimum absolute atomic E-state index is 0.210. The average molecular weight is 289 g/mol. The van der Waals surface area contributed by atoms with Gasteiger partial charge in [-0.25, -0.2) is 0 Å². The van der Waals surface area contributed by atoms with Crippen LogP contribution >= 0.6 is 22.6 Å². The third kappa shape index (κ3) is 2.66. The maximum atomic E-state index is 4.46. The summed E-state index contributed by atoms with van der Waals surface area (Å²) in [5.74, 6) is 0. The van der Waals surface area contributed by atoms with Crippen molar-refractivity contribution >= 4 is 22.6 Å². The van der Waals surface area contributed by atoms with Crippen LogP contribution in [0.5, 0.6) is 0 Å². The van der Waals surface area contributed by atoms with Crippen molar-refractivity contribution in [1.29, 1.82) is 0 Å². The molecule has 0 bridgehead atoms. The van der Waals surface area contributed by atoms with E-state index in [-0.39, 0.29) is 5.41 Å². The molecule has 0 saturated heterocycles. The minimum atomic E-state index is 0.210. The molecule has 1 heterocycles. The predicted octanol–water partition coefficient (Wildman–Crippen LogP) is 3.62. The molecule has 0 aliphatic rings. The molecule has 0 fully saturated rings. The van der Waals surface area contributed by atoms with Crippen LogP contribution < -0.4 is 0 Å². The number of hydrogen-bond donors (Lipinski definition) is 0. The summed E-state index contributed by atoms with van der Waals surface area (Å²) in [6.45, 7) is 8.78. The molecule has 0 amide bonds. The Labute approximate surface area is 94.1 Å². The monoisotopic (exact) mass is 289 g/mol. The van der Waals surface area contributed by atoms with E-state index in [0.29, 0.717) is 0 Å². The highest BCUT2D eigenvalue weighted by molar-refractivity contribution is 14.1. The van der Waals surface area contributed by atoms with Crippen LogP contribution in [0.2, 0.25) is 0 Å². The number of aryl methyl sites for hydroxylation is 1. The van der Waals surface area contributed by atoms with Crippen molar-refractivity contribution in [3.05, 3.63) is 29.1 Å². The normalized spacial score (nSPS) is 11.8. The Balaban J connectivity index is 3.10. The highest BCUT2D eigenvalue weighted by Crippen LogP contribution is 2.23. The maximum Gasteiger partial charge on any atom is 0.0530 e. The fourth-order valence-electron chi connectivity index (χ4n) is 1.15. The Hall–Kier alpha value is -0.120. The van der Waals surface area contributed by atoms with Gasteiger partial charge in [0.1, 0.15) is 0 Å². The zero-order valence-corrected chi connectivity index (χ0v) is 10.8. The topological polar surface area (TPSA) is 12.9 Å². The second kappa shape index (κ2) is 3.95. The molecular formula is C11H16IN. The van der Waals surface area contributed by atoms with Crippen LogP contribution in [0, 0.1) is 6.92 Å². The number of hydrogen-bond acceptors (Lipinski definition) is 1. The van der Waals surface area contributed by atoms with E-state index in [4.69, 9.17) is 0 Å². The van der Waals surface area contributed by atoms with Gasteiger partial charge in [-0.2, -0.15) is 0 Å². The molecule has 1 aromatic heterocycles. The van der Waals surface area contributed by atoms with Crippen molar-refractivity contribution in [2.45, 2.75) is 37.5 Å². The fourth-order valence-corrected chi connectivity index (χ4v) is 1.95. The summed E-state index contributed by atoms with van der Waals surface area (Å²) in [6.07, 6.45) is 2.00. The molecule has 0 aromatic carbocycles. The van der Waals surface area contributed by atoms with E-state index in [1.54, 1.807) is 0 Å². The van der Waals surface area contributed by atoms with Crippen LogP contribution in [0.25, 0.3) is 0 Å². The number of pyridine rings is 1. The Kier molecular flexibility index (Phi) is 3.33. The number of nitrogens with zero attached hydrogens (tertiary/aromatic N) is 1. The molecule has 0 radical (unpaired) electrons. The van der Waals surface area contributed by atoms with Crippen molar-refractivity contribution in [2.75, 3.05) is 0 Å². The molecule has 1 aromatic rings. The van der Waals surface area contributed by atoms with Gasteiger partial charge in [0, 0.05) is 10.6 Å². The molecule has 0 aliphatic carbocycles. The number of aromatic nitrogens is 1. The van der Waals surface area contributed by atoms with Crippen molar-refractivity contribution in [1.82, 2.24) is 4.98 Å². The van der Waals surface area contributed by atoms with Crippen LogP contribution in [0.15, 0.2) is 12.3 Å². The van der Waals surface area contributed by atoms with E-state index >= 15 is 0 Å². The molecule has 0 atom stereocenters. The van der Waals surface area contributed by atoms with E-state index in [0.717, 1.165) is 4.43 Å². The first-order valence-corrected chi connectivity index (χ1v) is 5.99. The lowest BCUT2D eigenvalue weighted by Crippen LogP contribution is -2.12. The van der Waals surface area contributed by atoms with Crippen LogP contribution in [-0.4, -0.2) is 4.98 Å². The van der Waals surface area contributed by atoms with Crippen LogP contribution in [-0.2, 0) is 9.84 Å². The second-order valence-electron chi connectivity index (χ2n) is 4.37. The van der Waals surface area contributed by atoms with Crippen molar-refractivity contribution in [3.8, 4) is 0 Å². The van der Waals surface area contributed by atoms with Crippen molar-refractivity contribution < 1.29 is 0 Å². The Morgan fingerprint density at radius 1 is 1.38 bits per heavy atom. The highest BCUT2D eigenvalue weighted by Gasteiger charge is 2.14. The first-order valence-electron chi connectivity index (χ1n) is 4.47. The molecule has 0 spiro atoms. The van der Waals surface area contributed by atoms with Gasteiger partial charge in [0.2, 0.25) is 0 Å². The molecule has 0 saturated carbocycles. The lowest BCUT2D eigenvalue weighted by Gasteiger charge is -2.19. The number of rotatable bonds is 1. The summed E-state index contributed by atoms with van der Waals surface area (Å²) >= 11 is 2.35. The van der Waals surface area contributed by atoms with Gasteiger partial charge in [-0.3, -0.25) is 4.98 Å². The molecule has 0 unspecified atom stereocenters. The van der Waals surface area contributed by atoms with Gasteiger partial charge in [0.25, 0.3) is 0 Å². The van der Waals surface area contributed by atoms with Gasteiger partial charge in [0.05, 0.1) is 5.69 Å². The molecular weight excluding hydrogens is 273 g/mol. The summed E-state index contributed by atoms with van der Waals surface area (Å²) in [6, 6.07) is 2.25. The molecule has 0 N–H and O–H groups in total. The summed E-state index contributed by atoms with van der Waals surface area (Å²) in [4.78, 5) is 4.46. The van der Waals surface area contributed by atoms with Crippen LogP contribution in [0.1, 0.15) is 37.6 Å². The van der Waals surface area contributed by atoms with Gasteiger partial charge in [0.15, 0.2) is 0 Å². The van der Waals surface area contributed by atoms with E-state index in [2.05, 4.69) is 61.3 Å². The largest absolute Gasteiger partial charge is 0.260 e. The van der Waals surface area contributed by atoms with Crippen LogP contribution in [0.3, 0.4) is 0 Å². The Morgan fingerprint density at radius 2 is 2.00 bits per heavy atom. The third-order valence-electron chi connectivity index (χ3n) is 2.18. The summed E-state index contributed by atoms with van der Waals surface area (Å²) in [5, 5.41) is 0. The lowest BCUT2D eigenvalue weighted by molar-refractivity contribution is 0.586. The number of halogens is 1. The molecule has 1 rings (SSSR count). The Bertz CT molecular complexity index is 299. The maximum absolute atomic E-state index is 4.46. The zero-order valence-electron chi connectivity index (χ0n) is 8.69. The van der Waals surface area contributed by atoms with Gasteiger partial charge in [-0.05, 0) is 23.5 Å². The molecule has 13 heavy (non-hydrogen) atoms. The first-order chi connectivity index (χ1) is 5.95. The van der Waals surface area contributed by atoms with E-state index < -0.39 is 0 Å². The average Bonchev–Trinajstić information content (AvgIpc) is 2.02. The molecule has 72 valence electrons. The predicted molar refractivity (Wildman–Crippen MR) is 65.4 cm³/mol. The lowest BCUT2D eigenvalue weighted by atomic mass is 9.87. The molecule has 0 aliphatic heterocycles. The Morgan fingerprint density at radius 3 is 2.38 bits per heavy atom. The van der Waals surface area contributed by atoms with E-state index in [1.165, 1.54) is 16.8 Å². The van der Waals surface area contributed by atoms with Gasteiger partial charge >= 0.3 is 0 Å². The summed E-state index contributed by atoms with van der Waals surface area (Å²) < 4.78 is 0.994. The molecule has 1 nitrogen and oxygen atoms in total. The van der Waals surface area contributed by atoms with Gasteiger partial charge < -0.3 is 0 Å². The van der Waals surface area contributed by atoms with Gasteiger partial charge in [-0.15, -0.1) is 0 Å². The minimum Gasteiger partial charge on any atom is -0.260 e. The van der Waals surface area contributed by atoms with Gasteiger partial charge in [-0.1, -0.05) is 49.4 Å².